The Labute approximate surface area is 248 Å². The largest absolute Gasteiger partial charge is 0.493 e. The Hall–Kier alpha value is -2.82. The second-order valence-corrected chi connectivity index (χ2v) is 13.2. The lowest BCUT2D eigenvalue weighted by Gasteiger charge is -2.47. The molecule has 4 nitrogen and oxygen atoms in total. The molecule has 40 heavy (non-hydrogen) atoms. The van der Waals surface area contributed by atoms with Crippen LogP contribution in [0.25, 0.3) is 0 Å². The normalized spacial score (nSPS) is 23.1. The van der Waals surface area contributed by atoms with Gasteiger partial charge in [-0.1, -0.05) is 80.7 Å². The molecule has 3 aromatic carbocycles. The number of ether oxygens (including phenoxy) is 1. The zero-order chi connectivity index (χ0) is 28.9. The maximum atomic E-state index is 14.5. The first-order valence-electron chi connectivity index (χ1n) is 14.1. The number of halogens is 2. The van der Waals surface area contributed by atoms with E-state index >= 15 is 0 Å². The van der Waals surface area contributed by atoms with Crippen molar-refractivity contribution in [3.63, 3.8) is 0 Å². The third-order valence-corrected chi connectivity index (χ3v) is 9.32. The summed E-state index contributed by atoms with van der Waals surface area (Å²) in [6, 6.07) is 21.9. The van der Waals surface area contributed by atoms with Gasteiger partial charge >= 0.3 is 0 Å². The lowest BCUT2D eigenvalue weighted by atomic mass is 9.70. The Balaban J connectivity index is 1.80. The topological polar surface area (TPSA) is 41.9 Å². The molecule has 210 valence electrons. The van der Waals surface area contributed by atoms with E-state index in [0.29, 0.717) is 22.5 Å². The second-order valence-electron chi connectivity index (χ2n) is 12.3. The van der Waals surface area contributed by atoms with E-state index in [2.05, 4.69) is 52.8 Å². The Morgan fingerprint density at radius 1 is 0.950 bits per heavy atom. The molecule has 1 amide bonds. The van der Waals surface area contributed by atoms with Crippen molar-refractivity contribution in [2.24, 2.45) is 10.9 Å². The van der Waals surface area contributed by atoms with Gasteiger partial charge in [0.1, 0.15) is 22.7 Å². The first kappa shape index (κ1) is 28.7. The third kappa shape index (κ3) is 4.73. The standard InChI is InChI=1S/C34H38Cl2N2O2/c1-7-40-29-21-25(32(2,3)4)15-20-28(29)30-37-33(5,23-11-16-26(35)17-12-23)34(6,24-13-18-27(36)19-14-24)38(30)31(39)22-9-8-10-22/h11-22H,7-10H2,1-6H3/t33-,34+/m0/s1. The fraction of sp³-hybridized carbons (Fsp3) is 0.412. The number of amidine groups is 1. The Kier molecular flexibility index (Phi) is 7.56. The summed E-state index contributed by atoms with van der Waals surface area (Å²) >= 11 is 12.7. The highest BCUT2D eigenvalue weighted by Crippen LogP contribution is 2.54. The monoisotopic (exact) mass is 576 g/mol. The molecule has 3 aromatic rings. The summed E-state index contributed by atoms with van der Waals surface area (Å²) in [6.45, 7) is 13.3. The predicted molar refractivity (Wildman–Crippen MR) is 165 cm³/mol. The summed E-state index contributed by atoms with van der Waals surface area (Å²) in [5, 5.41) is 1.30. The summed E-state index contributed by atoms with van der Waals surface area (Å²) in [7, 11) is 0. The minimum atomic E-state index is -0.848. The molecule has 0 unspecified atom stereocenters. The van der Waals surface area contributed by atoms with Gasteiger partial charge in [0.15, 0.2) is 0 Å². The van der Waals surface area contributed by atoms with E-state index in [9.17, 15) is 4.79 Å². The first-order valence-corrected chi connectivity index (χ1v) is 14.9. The lowest BCUT2D eigenvalue weighted by molar-refractivity contribution is -0.139. The number of hydrogen-bond acceptors (Lipinski definition) is 3. The smallest absolute Gasteiger partial charge is 0.232 e. The van der Waals surface area contributed by atoms with E-state index in [-0.39, 0.29) is 17.2 Å². The van der Waals surface area contributed by atoms with Crippen LogP contribution in [0.15, 0.2) is 71.7 Å². The Morgan fingerprint density at radius 2 is 1.52 bits per heavy atom. The van der Waals surface area contributed by atoms with Crippen LogP contribution in [-0.4, -0.2) is 23.2 Å². The van der Waals surface area contributed by atoms with Gasteiger partial charge in [-0.15, -0.1) is 0 Å². The predicted octanol–water partition coefficient (Wildman–Crippen LogP) is 8.91. The Morgan fingerprint density at radius 3 is 2.02 bits per heavy atom. The fourth-order valence-electron chi connectivity index (χ4n) is 5.90. The highest BCUT2D eigenvalue weighted by Gasteiger charge is 2.60. The van der Waals surface area contributed by atoms with E-state index in [1.807, 2.05) is 60.4 Å². The van der Waals surface area contributed by atoms with Gasteiger partial charge in [0.25, 0.3) is 0 Å². The van der Waals surface area contributed by atoms with Crippen LogP contribution in [0.5, 0.6) is 5.75 Å². The zero-order valence-corrected chi connectivity index (χ0v) is 25.7. The summed E-state index contributed by atoms with van der Waals surface area (Å²) in [5.41, 5.74) is 2.19. The van der Waals surface area contributed by atoms with Gasteiger partial charge in [-0.05, 0) is 92.1 Å². The molecule has 0 spiro atoms. The average Bonchev–Trinajstić information content (AvgIpc) is 3.12. The zero-order valence-electron chi connectivity index (χ0n) is 24.2. The number of hydrogen-bond donors (Lipinski definition) is 0. The number of carbonyl (C=O) groups excluding carboxylic acids is 1. The van der Waals surface area contributed by atoms with Gasteiger partial charge in [0.2, 0.25) is 5.91 Å². The summed E-state index contributed by atoms with van der Waals surface area (Å²) in [4.78, 5) is 21.9. The number of benzene rings is 3. The van der Waals surface area contributed by atoms with E-state index in [1.54, 1.807) is 0 Å². The lowest BCUT2D eigenvalue weighted by Crippen LogP contribution is -2.57. The van der Waals surface area contributed by atoms with Gasteiger partial charge < -0.3 is 4.74 Å². The summed E-state index contributed by atoms with van der Waals surface area (Å²) in [5.74, 6) is 1.44. The van der Waals surface area contributed by atoms with E-state index < -0.39 is 11.1 Å². The molecule has 1 heterocycles. The molecule has 1 saturated carbocycles. The quantitative estimate of drug-likeness (QED) is 0.294. The number of nitrogens with zero attached hydrogens (tertiary/aromatic N) is 2. The van der Waals surface area contributed by atoms with Crippen LogP contribution in [-0.2, 0) is 21.3 Å². The first-order chi connectivity index (χ1) is 18.9. The highest BCUT2D eigenvalue weighted by molar-refractivity contribution is 6.30. The number of rotatable bonds is 6. The molecule has 2 atom stereocenters. The van der Waals surface area contributed by atoms with Gasteiger partial charge in [0, 0.05) is 16.0 Å². The molecule has 6 heteroatoms. The molecule has 1 fully saturated rings. The Bertz CT molecular complexity index is 1440. The van der Waals surface area contributed by atoms with Gasteiger partial charge in [-0.2, -0.15) is 0 Å². The van der Waals surface area contributed by atoms with Gasteiger partial charge in [0.05, 0.1) is 12.2 Å². The molecule has 0 bridgehead atoms. The minimum Gasteiger partial charge on any atom is -0.493 e. The molecule has 0 radical (unpaired) electrons. The van der Waals surface area contributed by atoms with Crippen molar-refractivity contribution in [2.45, 2.75) is 77.3 Å². The van der Waals surface area contributed by atoms with E-state index in [1.165, 1.54) is 0 Å². The van der Waals surface area contributed by atoms with Crippen LogP contribution in [0, 0.1) is 5.92 Å². The van der Waals surface area contributed by atoms with Gasteiger partial charge in [-0.25, -0.2) is 0 Å². The molecule has 0 aromatic heterocycles. The van der Waals surface area contributed by atoms with Crippen molar-refractivity contribution in [3.05, 3.63) is 99.0 Å². The maximum absolute atomic E-state index is 14.5. The van der Waals surface area contributed by atoms with Crippen molar-refractivity contribution in [2.75, 3.05) is 6.61 Å². The average molecular weight is 578 g/mol. The van der Waals surface area contributed by atoms with Crippen LogP contribution in [0.2, 0.25) is 10.0 Å². The van der Waals surface area contributed by atoms with Crippen molar-refractivity contribution in [1.82, 2.24) is 4.90 Å². The molecular formula is C34H38Cl2N2O2. The van der Waals surface area contributed by atoms with Crippen LogP contribution in [0.3, 0.4) is 0 Å². The molecular weight excluding hydrogens is 539 g/mol. The van der Waals surface area contributed by atoms with Crippen molar-refractivity contribution >= 4 is 34.9 Å². The number of amides is 1. The SMILES string of the molecule is CCOc1cc(C(C)(C)C)ccc1C1=N[C@@](C)(c2ccc(Cl)cc2)[C@@](C)(c2ccc(Cl)cc2)N1C(=O)C1CCC1. The molecule has 0 saturated heterocycles. The molecule has 2 aliphatic rings. The second kappa shape index (κ2) is 10.5. The number of aliphatic imine (C=N–C) groups is 1. The summed E-state index contributed by atoms with van der Waals surface area (Å²) in [6.07, 6.45) is 2.84. The minimum absolute atomic E-state index is 0.0335. The maximum Gasteiger partial charge on any atom is 0.232 e. The van der Waals surface area contributed by atoms with Crippen molar-refractivity contribution < 1.29 is 9.53 Å². The molecule has 1 aliphatic carbocycles. The van der Waals surface area contributed by atoms with Crippen LogP contribution < -0.4 is 4.74 Å². The van der Waals surface area contributed by atoms with Crippen LogP contribution in [0.1, 0.15) is 83.1 Å². The van der Waals surface area contributed by atoms with Crippen LogP contribution in [0.4, 0.5) is 0 Å². The van der Waals surface area contributed by atoms with E-state index in [4.69, 9.17) is 32.9 Å². The van der Waals surface area contributed by atoms with Crippen LogP contribution >= 0.6 is 23.2 Å². The highest BCUT2D eigenvalue weighted by atomic mass is 35.5. The molecule has 0 N–H and O–H groups in total. The van der Waals surface area contributed by atoms with Gasteiger partial charge in [-0.3, -0.25) is 14.7 Å². The third-order valence-electron chi connectivity index (χ3n) is 8.81. The molecule has 1 aliphatic heterocycles. The van der Waals surface area contributed by atoms with Crippen molar-refractivity contribution in [3.8, 4) is 5.75 Å². The summed E-state index contributed by atoms with van der Waals surface area (Å²) < 4.78 is 6.24. The molecule has 5 rings (SSSR count). The fourth-order valence-corrected chi connectivity index (χ4v) is 6.15. The van der Waals surface area contributed by atoms with E-state index in [0.717, 1.165) is 47.3 Å². The van der Waals surface area contributed by atoms with Crippen molar-refractivity contribution in [1.29, 1.82) is 0 Å². The number of carbonyl (C=O) groups is 1.